The third-order valence-corrected chi connectivity index (χ3v) is 8.50. The lowest BCUT2D eigenvalue weighted by Gasteiger charge is -2.33. The van der Waals surface area contributed by atoms with Gasteiger partial charge in [-0.1, -0.05) is 12.2 Å². The van der Waals surface area contributed by atoms with Crippen molar-refractivity contribution in [3.63, 3.8) is 0 Å². The summed E-state index contributed by atoms with van der Waals surface area (Å²) in [5, 5.41) is 0. The zero-order valence-electron chi connectivity index (χ0n) is 25.1. The second-order valence-corrected chi connectivity index (χ2v) is 11.4. The average Bonchev–Trinajstić information content (AvgIpc) is 3.32. The first-order valence-corrected chi connectivity index (χ1v) is 15.0. The molecule has 0 unspecified atom stereocenters. The minimum Gasteiger partial charge on any atom is -0.493 e. The van der Waals surface area contributed by atoms with Gasteiger partial charge in [0.2, 0.25) is 0 Å². The minimum atomic E-state index is -0.555. The van der Waals surface area contributed by atoms with E-state index in [4.69, 9.17) is 23.7 Å². The van der Waals surface area contributed by atoms with Crippen LogP contribution in [0.4, 0.5) is 5.69 Å². The molecule has 4 aliphatic heterocycles. The Labute approximate surface area is 256 Å². The molecule has 0 saturated carbocycles. The summed E-state index contributed by atoms with van der Waals surface area (Å²) >= 11 is 0. The van der Waals surface area contributed by atoms with Gasteiger partial charge >= 0.3 is 0 Å². The van der Waals surface area contributed by atoms with E-state index in [1.807, 2.05) is 6.21 Å². The second-order valence-electron chi connectivity index (χ2n) is 11.4. The van der Waals surface area contributed by atoms with E-state index in [1.54, 1.807) is 41.2 Å². The van der Waals surface area contributed by atoms with E-state index in [0.29, 0.717) is 78.3 Å². The molecule has 6 rings (SSSR count). The van der Waals surface area contributed by atoms with Crippen molar-refractivity contribution in [3.05, 3.63) is 53.1 Å². The number of amides is 2. The number of unbranched alkanes of at least 4 members (excludes halogenated alkanes) is 2. The van der Waals surface area contributed by atoms with Crippen molar-refractivity contribution in [2.75, 3.05) is 53.7 Å². The summed E-state index contributed by atoms with van der Waals surface area (Å²) in [6, 6.07) is 6.27. The third kappa shape index (κ3) is 5.76. The van der Waals surface area contributed by atoms with Crippen LogP contribution < -0.4 is 18.9 Å². The predicted octanol–water partition coefficient (Wildman–Crippen LogP) is 3.78. The number of ketones is 1. The molecule has 0 bridgehead atoms. The Bertz CT molecular complexity index is 1520. The first-order chi connectivity index (χ1) is 21.4. The molecular formula is C33H37N3O8. The van der Waals surface area contributed by atoms with Crippen molar-refractivity contribution in [2.45, 2.75) is 44.2 Å². The molecule has 0 spiro atoms. The van der Waals surface area contributed by atoms with E-state index < -0.39 is 6.04 Å². The van der Waals surface area contributed by atoms with Gasteiger partial charge in [0.05, 0.1) is 57.9 Å². The predicted molar refractivity (Wildman–Crippen MR) is 162 cm³/mol. The van der Waals surface area contributed by atoms with Gasteiger partial charge in [-0.25, -0.2) is 0 Å². The second kappa shape index (κ2) is 12.7. The standard InChI is InChI=1S/C33H37N3O8/c1-20-11-22-17-34-25-16-31(29(41-3)15-24(25)33(39)36(22)18-20)44-9-6-4-5-8-43-30-13-21-12-27(37)26-19-42-10-7-35(26)32(38)23(21)14-28(30)40-2/h13-17,22,26H,1,4-12,18-19H2,2-3H3/t22-,26-/m0/s1. The van der Waals surface area contributed by atoms with Crippen LogP contribution in [-0.4, -0.2) is 99.4 Å². The van der Waals surface area contributed by atoms with Crippen LogP contribution >= 0.6 is 0 Å². The number of rotatable bonds is 10. The Morgan fingerprint density at radius 2 is 1.57 bits per heavy atom. The van der Waals surface area contributed by atoms with E-state index >= 15 is 0 Å². The molecule has 11 heteroatoms. The molecule has 0 aliphatic carbocycles. The van der Waals surface area contributed by atoms with Crippen molar-refractivity contribution in [3.8, 4) is 23.0 Å². The van der Waals surface area contributed by atoms with Crippen LogP contribution in [0.3, 0.4) is 0 Å². The van der Waals surface area contributed by atoms with Crippen molar-refractivity contribution in [1.29, 1.82) is 0 Å². The molecule has 4 aliphatic rings. The van der Waals surface area contributed by atoms with Gasteiger partial charge in [-0.15, -0.1) is 0 Å². The van der Waals surface area contributed by atoms with E-state index in [1.165, 1.54) is 7.11 Å². The number of aliphatic imine (C=N–C) groups is 1. The normalized spacial score (nSPS) is 20.8. The van der Waals surface area contributed by atoms with Gasteiger partial charge in [0.1, 0.15) is 6.04 Å². The molecule has 0 radical (unpaired) electrons. The van der Waals surface area contributed by atoms with Crippen LogP contribution in [0.1, 0.15) is 52.0 Å². The number of hydrogen-bond donors (Lipinski definition) is 0. The van der Waals surface area contributed by atoms with Crippen LogP contribution in [0.15, 0.2) is 41.4 Å². The quantitative estimate of drug-likeness (QED) is 0.298. The van der Waals surface area contributed by atoms with Crippen molar-refractivity contribution >= 4 is 29.5 Å². The van der Waals surface area contributed by atoms with Crippen LogP contribution in [-0.2, 0) is 16.0 Å². The van der Waals surface area contributed by atoms with Crippen LogP contribution in [0.25, 0.3) is 0 Å². The number of morpholine rings is 1. The average molecular weight is 604 g/mol. The topological polar surface area (TPSA) is 116 Å². The highest BCUT2D eigenvalue weighted by Crippen LogP contribution is 2.39. The molecule has 44 heavy (non-hydrogen) atoms. The number of carbonyl (C=O) groups excluding carboxylic acids is 3. The van der Waals surface area contributed by atoms with E-state index in [-0.39, 0.29) is 36.7 Å². The summed E-state index contributed by atoms with van der Waals surface area (Å²) in [5.41, 5.74) is 3.20. The number of Topliss-reactive ketones (excluding diaryl/α,β-unsaturated/α-hetero) is 1. The molecule has 2 aromatic rings. The number of nitrogens with zero attached hydrogens (tertiary/aromatic N) is 3. The van der Waals surface area contributed by atoms with Gasteiger partial charge in [-0.2, -0.15) is 0 Å². The van der Waals surface area contributed by atoms with Crippen molar-refractivity contribution in [1.82, 2.24) is 9.80 Å². The summed E-state index contributed by atoms with van der Waals surface area (Å²) in [5.74, 6) is 1.70. The van der Waals surface area contributed by atoms with E-state index in [2.05, 4.69) is 11.6 Å². The number of ether oxygens (including phenoxy) is 5. The molecule has 232 valence electrons. The van der Waals surface area contributed by atoms with Crippen LogP contribution in [0, 0.1) is 0 Å². The highest BCUT2D eigenvalue weighted by molar-refractivity contribution is 6.04. The van der Waals surface area contributed by atoms with E-state index in [0.717, 1.165) is 31.3 Å². The fraction of sp³-hybridized carbons (Fsp3) is 0.455. The SMILES string of the molecule is C=C1C[C@H]2C=Nc3cc(OCCCCCOc4cc5c(cc4OC)C(=O)N4CCOC[C@H]4C(=O)C5)c(OC)cc3C(=O)N2C1. The lowest BCUT2D eigenvalue weighted by atomic mass is 10.0. The summed E-state index contributed by atoms with van der Waals surface area (Å²) in [6.07, 6.45) is 5.05. The lowest BCUT2D eigenvalue weighted by molar-refractivity contribution is -0.127. The summed E-state index contributed by atoms with van der Waals surface area (Å²) in [4.78, 5) is 47.3. The number of carbonyl (C=O) groups is 3. The maximum absolute atomic E-state index is 13.2. The Kier molecular flexibility index (Phi) is 8.56. The highest BCUT2D eigenvalue weighted by atomic mass is 16.5. The van der Waals surface area contributed by atoms with Crippen molar-refractivity contribution in [2.24, 2.45) is 4.99 Å². The van der Waals surface area contributed by atoms with Gasteiger partial charge < -0.3 is 33.5 Å². The molecule has 2 aromatic carbocycles. The van der Waals surface area contributed by atoms with Gasteiger partial charge in [-0.05, 0) is 49.4 Å². The Morgan fingerprint density at radius 3 is 2.30 bits per heavy atom. The summed E-state index contributed by atoms with van der Waals surface area (Å²) < 4.78 is 28.6. The van der Waals surface area contributed by atoms with Gasteiger partial charge in [0.25, 0.3) is 11.8 Å². The van der Waals surface area contributed by atoms with E-state index in [9.17, 15) is 14.4 Å². The number of methoxy groups -OCH3 is 2. The number of fused-ring (bicyclic) bond motifs is 4. The largest absolute Gasteiger partial charge is 0.493 e. The molecule has 2 amide bonds. The summed E-state index contributed by atoms with van der Waals surface area (Å²) in [6.45, 7) is 6.48. The highest BCUT2D eigenvalue weighted by Gasteiger charge is 2.38. The van der Waals surface area contributed by atoms with Crippen LogP contribution in [0.2, 0.25) is 0 Å². The molecule has 2 fully saturated rings. The molecule has 4 heterocycles. The fourth-order valence-electron chi connectivity index (χ4n) is 6.14. The minimum absolute atomic E-state index is 0.0379. The maximum Gasteiger partial charge on any atom is 0.257 e. The molecule has 2 saturated heterocycles. The molecule has 11 nitrogen and oxygen atoms in total. The Morgan fingerprint density at radius 1 is 0.886 bits per heavy atom. The monoisotopic (exact) mass is 603 g/mol. The molecule has 0 N–H and O–H groups in total. The zero-order chi connectivity index (χ0) is 30.8. The molecule has 2 atom stereocenters. The van der Waals surface area contributed by atoms with Gasteiger partial charge in [-0.3, -0.25) is 19.4 Å². The summed E-state index contributed by atoms with van der Waals surface area (Å²) in [7, 11) is 3.09. The first kappa shape index (κ1) is 29.7. The fourth-order valence-corrected chi connectivity index (χ4v) is 6.14. The smallest absolute Gasteiger partial charge is 0.257 e. The van der Waals surface area contributed by atoms with Gasteiger partial charge in [0.15, 0.2) is 28.8 Å². The van der Waals surface area contributed by atoms with Crippen LogP contribution in [0.5, 0.6) is 23.0 Å². The molecular weight excluding hydrogens is 566 g/mol. The maximum atomic E-state index is 13.2. The molecule has 0 aromatic heterocycles. The third-order valence-electron chi connectivity index (χ3n) is 8.50. The zero-order valence-corrected chi connectivity index (χ0v) is 25.1. The number of hydrogen-bond acceptors (Lipinski definition) is 9. The van der Waals surface area contributed by atoms with Gasteiger partial charge in [0, 0.05) is 37.4 Å². The first-order valence-electron chi connectivity index (χ1n) is 15.0. The lowest BCUT2D eigenvalue weighted by Crippen LogP contribution is -2.51. The Hall–Kier alpha value is -4.38. The van der Waals surface area contributed by atoms with Crippen molar-refractivity contribution < 1.29 is 38.1 Å². The Balaban J connectivity index is 1.03. The number of benzene rings is 2.